The standard InChI is InChI=1S/C15H16N4OS/c1-10(2)8-19-15(17-9-18-19)6-13(20)11-5-14-12(16-7-11)3-4-21-14/h3-5,7,9-10H,6,8H2,1-2H3. The summed E-state index contributed by atoms with van der Waals surface area (Å²) in [5, 5.41) is 6.16. The van der Waals surface area contributed by atoms with Crippen molar-refractivity contribution in [3.63, 3.8) is 0 Å². The monoisotopic (exact) mass is 300 g/mol. The third-order valence-corrected chi connectivity index (χ3v) is 4.03. The lowest BCUT2D eigenvalue weighted by Crippen LogP contribution is -2.14. The molecule has 0 radical (unpaired) electrons. The molecule has 5 nitrogen and oxygen atoms in total. The van der Waals surface area contributed by atoms with E-state index in [4.69, 9.17) is 0 Å². The number of nitrogens with zero attached hydrogens (tertiary/aromatic N) is 4. The number of carbonyl (C=O) groups excluding carboxylic acids is 1. The Kier molecular flexibility index (Phi) is 3.79. The maximum atomic E-state index is 12.4. The summed E-state index contributed by atoms with van der Waals surface area (Å²) in [7, 11) is 0. The summed E-state index contributed by atoms with van der Waals surface area (Å²) in [6.07, 6.45) is 3.40. The van der Waals surface area contributed by atoms with E-state index in [1.807, 2.05) is 17.5 Å². The first-order valence-electron chi connectivity index (χ1n) is 6.86. The molecule has 0 aliphatic carbocycles. The van der Waals surface area contributed by atoms with Crippen molar-refractivity contribution in [2.45, 2.75) is 26.8 Å². The molecule has 0 fully saturated rings. The molecule has 0 spiro atoms. The van der Waals surface area contributed by atoms with Crippen molar-refractivity contribution in [1.29, 1.82) is 0 Å². The van der Waals surface area contributed by atoms with Crippen molar-refractivity contribution in [3.05, 3.63) is 41.4 Å². The molecule has 0 amide bonds. The first-order valence-corrected chi connectivity index (χ1v) is 7.74. The second kappa shape index (κ2) is 5.73. The summed E-state index contributed by atoms with van der Waals surface area (Å²) in [5.41, 5.74) is 1.56. The molecule has 3 aromatic heterocycles. The van der Waals surface area contributed by atoms with E-state index in [-0.39, 0.29) is 12.2 Å². The van der Waals surface area contributed by atoms with Gasteiger partial charge in [0.25, 0.3) is 0 Å². The summed E-state index contributed by atoms with van der Waals surface area (Å²) in [6.45, 7) is 4.99. The maximum absolute atomic E-state index is 12.4. The van der Waals surface area contributed by atoms with Crippen LogP contribution in [-0.4, -0.2) is 25.5 Å². The summed E-state index contributed by atoms with van der Waals surface area (Å²) in [5.74, 6) is 1.19. The van der Waals surface area contributed by atoms with E-state index in [1.54, 1.807) is 22.2 Å². The highest BCUT2D eigenvalue weighted by molar-refractivity contribution is 7.17. The minimum absolute atomic E-state index is 0.0239. The zero-order chi connectivity index (χ0) is 14.8. The van der Waals surface area contributed by atoms with E-state index in [0.717, 1.165) is 16.8 Å². The number of pyridine rings is 1. The Morgan fingerprint density at radius 2 is 2.24 bits per heavy atom. The van der Waals surface area contributed by atoms with E-state index in [0.29, 0.717) is 17.3 Å². The van der Waals surface area contributed by atoms with Crippen LogP contribution < -0.4 is 0 Å². The SMILES string of the molecule is CC(C)Cn1ncnc1CC(=O)c1cnc2ccsc2c1. The molecule has 0 atom stereocenters. The van der Waals surface area contributed by atoms with E-state index >= 15 is 0 Å². The van der Waals surface area contributed by atoms with Gasteiger partial charge in [-0.05, 0) is 23.4 Å². The molecule has 0 saturated heterocycles. The van der Waals surface area contributed by atoms with Crippen LogP contribution in [-0.2, 0) is 13.0 Å². The van der Waals surface area contributed by atoms with Crippen LogP contribution in [0.25, 0.3) is 10.2 Å². The molecule has 0 aliphatic heterocycles. The quantitative estimate of drug-likeness (QED) is 0.680. The van der Waals surface area contributed by atoms with Crippen molar-refractivity contribution < 1.29 is 4.79 Å². The first kappa shape index (κ1) is 13.9. The van der Waals surface area contributed by atoms with Crippen LogP contribution in [0.3, 0.4) is 0 Å². The maximum Gasteiger partial charge on any atom is 0.172 e. The predicted molar refractivity (Wildman–Crippen MR) is 82.5 cm³/mol. The van der Waals surface area contributed by atoms with Gasteiger partial charge in [-0.1, -0.05) is 13.8 Å². The zero-order valence-corrected chi connectivity index (χ0v) is 12.8. The summed E-state index contributed by atoms with van der Waals surface area (Å²) >= 11 is 1.59. The molecule has 0 bridgehead atoms. The third-order valence-electron chi connectivity index (χ3n) is 3.18. The van der Waals surface area contributed by atoms with Gasteiger partial charge < -0.3 is 0 Å². The van der Waals surface area contributed by atoms with Crippen LogP contribution in [0.2, 0.25) is 0 Å². The number of Topliss-reactive ketones (excluding diaryl/α,β-unsaturated/α-hetero) is 1. The van der Waals surface area contributed by atoms with E-state index in [2.05, 4.69) is 28.9 Å². The minimum atomic E-state index is 0.0239. The Bertz CT molecular complexity index is 775. The van der Waals surface area contributed by atoms with Gasteiger partial charge >= 0.3 is 0 Å². The van der Waals surface area contributed by atoms with Gasteiger partial charge in [0.15, 0.2) is 5.78 Å². The molecular formula is C15H16N4OS. The molecule has 3 aromatic rings. The summed E-state index contributed by atoms with van der Waals surface area (Å²) in [6, 6.07) is 3.85. The van der Waals surface area contributed by atoms with Gasteiger partial charge in [-0.2, -0.15) is 5.10 Å². The van der Waals surface area contributed by atoms with Crippen molar-refractivity contribution in [1.82, 2.24) is 19.7 Å². The minimum Gasteiger partial charge on any atom is -0.294 e. The molecule has 108 valence electrons. The topological polar surface area (TPSA) is 60.7 Å². The largest absolute Gasteiger partial charge is 0.294 e. The Morgan fingerprint density at radius 3 is 3.05 bits per heavy atom. The molecule has 0 aliphatic rings. The van der Waals surface area contributed by atoms with Gasteiger partial charge in [-0.15, -0.1) is 11.3 Å². The fraction of sp³-hybridized carbons (Fsp3) is 0.333. The fourth-order valence-electron chi connectivity index (χ4n) is 2.17. The number of carbonyl (C=O) groups is 1. The Balaban J connectivity index is 1.81. The highest BCUT2D eigenvalue weighted by atomic mass is 32.1. The van der Waals surface area contributed by atoms with Gasteiger partial charge in [0.05, 0.1) is 16.6 Å². The smallest absolute Gasteiger partial charge is 0.172 e. The number of hydrogen-bond donors (Lipinski definition) is 0. The molecule has 3 heterocycles. The molecule has 0 aromatic carbocycles. The van der Waals surface area contributed by atoms with Crippen molar-refractivity contribution in [2.24, 2.45) is 5.92 Å². The number of fused-ring (bicyclic) bond motifs is 1. The van der Waals surface area contributed by atoms with Gasteiger partial charge in [-0.25, -0.2) is 9.67 Å². The number of aromatic nitrogens is 4. The molecule has 6 heteroatoms. The van der Waals surface area contributed by atoms with Crippen molar-refractivity contribution in [2.75, 3.05) is 0 Å². The van der Waals surface area contributed by atoms with E-state index in [1.165, 1.54) is 6.33 Å². The van der Waals surface area contributed by atoms with Gasteiger partial charge in [0.2, 0.25) is 0 Å². The molecule has 0 saturated carbocycles. The first-order chi connectivity index (χ1) is 10.1. The normalized spacial score (nSPS) is 11.4. The predicted octanol–water partition coefficient (Wildman–Crippen LogP) is 2.97. The summed E-state index contributed by atoms with van der Waals surface area (Å²) < 4.78 is 2.84. The Labute approximate surface area is 126 Å². The molecule has 0 unspecified atom stereocenters. The van der Waals surface area contributed by atoms with Crippen LogP contribution in [0.5, 0.6) is 0 Å². The molecule has 0 N–H and O–H groups in total. The van der Waals surface area contributed by atoms with Crippen LogP contribution in [0.1, 0.15) is 30.0 Å². The summed E-state index contributed by atoms with van der Waals surface area (Å²) in [4.78, 5) is 20.9. The van der Waals surface area contributed by atoms with Gasteiger partial charge in [-0.3, -0.25) is 9.78 Å². The molecule has 21 heavy (non-hydrogen) atoms. The van der Waals surface area contributed by atoms with Crippen LogP contribution >= 0.6 is 11.3 Å². The zero-order valence-electron chi connectivity index (χ0n) is 12.0. The van der Waals surface area contributed by atoms with Crippen molar-refractivity contribution >= 4 is 27.3 Å². The highest BCUT2D eigenvalue weighted by Gasteiger charge is 2.14. The second-order valence-corrected chi connectivity index (χ2v) is 6.33. The van der Waals surface area contributed by atoms with Gasteiger partial charge in [0.1, 0.15) is 12.2 Å². The Morgan fingerprint density at radius 1 is 1.38 bits per heavy atom. The van der Waals surface area contributed by atoms with Crippen LogP contribution in [0, 0.1) is 5.92 Å². The van der Waals surface area contributed by atoms with E-state index in [9.17, 15) is 4.79 Å². The average Bonchev–Trinajstić information content (AvgIpc) is 3.06. The lowest BCUT2D eigenvalue weighted by Gasteiger charge is -2.08. The molecular weight excluding hydrogens is 284 g/mol. The van der Waals surface area contributed by atoms with Gasteiger partial charge in [0, 0.05) is 18.3 Å². The lowest BCUT2D eigenvalue weighted by atomic mass is 10.1. The van der Waals surface area contributed by atoms with E-state index < -0.39 is 0 Å². The highest BCUT2D eigenvalue weighted by Crippen LogP contribution is 2.20. The second-order valence-electron chi connectivity index (χ2n) is 5.38. The van der Waals surface area contributed by atoms with Crippen LogP contribution in [0.4, 0.5) is 0 Å². The fourth-order valence-corrected chi connectivity index (χ4v) is 2.95. The van der Waals surface area contributed by atoms with Crippen molar-refractivity contribution in [3.8, 4) is 0 Å². The Hall–Kier alpha value is -2.08. The number of ketones is 1. The number of hydrogen-bond acceptors (Lipinski definition) is 5. The number of rotatable bonds is 5. The average molecular weight is 300 g/mol. The van der Waals surface area contributed by atoms with Crippen LogP contribution in [0.15, 0.2) is 30.0 Å². The molecule has 3 rings (SSSR count). The number of thiophene rings is 1. The lowest BCUT2D eigenvalue weighted by molar-refractivity contribution is 0.0989. The third kappa shape index (κ3) is 3.00.